The summed E-state index contributed by atoms with van der Waals surface area (Å²) in [7, 11) is 1.59. The molecule has 0 aliphatic rings. The van der Waals surface area contributed by atoms with Gasteiger partial charge in [0.2, 0.25) is 0 Å². The van der Waals surface area contributed by atoms with Crippen molar-refractivity contribution in [3.05, 3.63) is 105 Å². The van der Waals surface area contributed by atoms with Gasteiger partial charge < -0.3 is 14.8 Å². The van der Waals surface area contributed by atoms with Gasteiger partial charge in [0, 0.05) is 44.1 Å². The number of nitrogens with zero attached hydrogens (tertiary/aromatic N) is 4. The summed E-state index contributed by atoms with van der Waals surface area (Å²) in [5.74, 6) is -1.23. The number of nitrogens with one attached hydrogen (secondary N) is 2. The monoisotopic (exact) mass is 604 g/mol. The third-order valence-corrected chi connectivity index (χ3v) is 6.86. The fraction of sp³-hybridized carbons (Fsp3) is 0.258. The number of benzene rings is 2. The molecule has 1 atom stereocenters. The van der Waals surface area contributed by atoms with Crippen LogP contribution in [0.3, 0.4) is 0 Å². The summed E-state index contributed by atoms with van der Waals surface area (Å²) < 4.78 is 42.0. The molecule has 13 heteroatoms. The highest BCUT2D eigenvalue weighted by atomic mass is 19.1. The number of aromatic amines is 1. The number of hydrogen-bond acceptors (Lipinski definition) is 8. The predicted molar refractivity (Wildman–Crippen MR) is 160 cm³/mol. The zero-order chi connectivity index (χ0) is 31.5. The molecule has 0 radical (unpaired) electrons. The average molecular weight is 605 g/mol. The number of carbonyl (C=O) groups excluding carboxylic acids is 1. The van der Waals surface area contributed by atoms with Crippen molar-refractivity contribution >= 4 is 22.6 Å². The van der Waals surface area contributed by atoms with Crippen LogP contribution in [0.2, 0.25) is 0 Å². The van der Waals surface area contributed by atoms with Crippen LogP contribution in [-0.2, 0) is 11.2 Å². The molecule has 0 fully saturated rings. The number of anilines is 1. The molecule has 3 heterocycles. The molecule has 0 amide bonds. The molecule has 228 valence electrons. The van der Waals surface area contributed by atoms with E-state index in [1.165, 1.54) is 41.2 Å². The standard InChI is InChI=1S/C31H30F2N6O5/c1-17(2)38-15-22(30(41)39(31(38)42)21-8-6-20(32)7-9-21)24(40)14-19-5-10-25(23(33)13-19)44-26-11-12-34-28-27(26)29(37-36-28)35-18(3)16-43-4/h5-13,15,17-18H,14,16H2,1-4H3,(H2,34,35,36,37)/t18-/m1/s1. The number of aromatic nitrogens is 5. The molecule has 5 rings (SSSR count). The first-order valence-electron chi connectivity index (χ1n) is 13.8. The van der Waals surface area contributed by atoms with Crippen LogP contribution in [0.25, 0.3) is 16.7 Å². The van der Waals surface area contributed by atoms with Gasteiger partial charge in [0.15, 0.2) is 28.8 Å². The smallest absolute Gasteiger partial charge is 0.335 e. The first kappa shape index (κ1) is 30.3. The maximum Gasteiger partial charge on any atom is 0.335 e. The highest BCUT2D eigenvalue weighted by Gasteiger charge is 2.21. The van der Waals surface area contributed by atoms with Gasteiger partial charge in [-0.2, -0.15) is 5.10 Å². The molecular weight excluding hydrogens is 574 g/mol. The number of hydrogen-bond donors (Lipinski definition) is 2. The van der Waals surface area contributed by atoms with Crippen LogP contribution >= 0.6 is 0 Å². The number of halogens is 2. The van der Waals surface area contributed by atoms with Crippen LogP contribution < -0.4 is 21.3 Å². The van der Waals surface area contributed by atoms with Crippen molar-refractivity contribution in [2.75, 3.05) is 19.0 Å². The topological polar surface area (TPSA) is 133 Å². The zero-order valence-electron chi connectivity index (χ0n) is 24.4. The lowest BCUT2D eigenvalue weighted by molar-refractivity contribution is 0.0990. The first-order valence-corrected chi connectivity index (χ1v) is 13.8. The van der Waals surface area contributed by atoms with E-state index < -0.39 is 28.7 Å². The molecule has 0 aliphatic carbocycles. The Bertz CT molecular complexity index is 1950. The minimum absolute atomic E-state index is 0.0761. The third kappa shape index (κ3) is 6.13. The molecule has 0 aliphatic heterocycles. The molecule has 44 heavy (non-hydrogen) atoms. The van der Waals surface area contributed by atoms with Gasteiger partial charge in [-0.25, -0.2) is 23.1 Å². The summed E-state index contributed by atoms with van der Waals surface area (Å²) in [6.45, 7) is 5.79. The SMILES string of the molecule is COC[C@@H](C)Nc1n[nH]c2nccc(Oc3ccc(CC(=O)c4cn(C(C)C)c(=O)n(-c5ccc(F)cc5)c4=O)cc3F)c12. The fourth-order valence-electron chi connectivity index (χ4n) is 4.72. The van der Waals surface area contributed by atoms with E-state index in [0.29, 0.717) is 29.2 Å². The van der Waals surface area contributed by atoms with Crippen LogP contribution in [0.1, 0.15) is 42.7 Å². The van der Waals surface area contributed by atoms with Gasteiger partial charge in [-0.05, 0) is 62.7 Å². The van der Waals surface area contributed by atoms with Crippen LogP contribution in [0.4, 0.5) is 14.6 Å². The molecule has 0 bridgehead atoms. The average Bonchev–Trinajstić information content (AvgIpc) is 3.38. The number of pyridine rings is 1. The van der Waals surface area contributed by atoms with Crippen LogP contribution in [0.15, 0.2) is 70.5 Å². The van der Waals surface area contributed by atoms with Gasteiger partial charge in [0.25, 0.3) is 5.56 Å². The lowest BCUT2D eigenvalue weighted by Crippen LogP contribution is -2.42. The maximum atomic E-state index is 15.3. The Labute approximate surface area is 250 Å². The largest absolute Gasteiger partial charge is 0.453 e. The minimum atomic E-state index is -0.852. The number of H-pyrrole nitrogens is 1. The lowest BCUT2D eigenvalue weighted by atomic mass is 10.0. The molecule has 0 spiro atoms. The van der Waals surface area contributed by atoms with Crippen molar-refractivity contribution in [3.63, 3.8) is 0 Å². The highest BCUT2D eigenvalue weighted by Crippen LogP contribution is 2.34. The van der Waals surface area contributed by atoms with E-state index in [9.17, 15) is 18.8 Å². The number of methoxy groups -OCH3 is 1. The molecular formula is C31H30F2N6O5. The van der Waals surface area contributed by atoms with Gasteiger partial charge in [0.1, 0.15) is 22.5 Å². The lowest BCUT2D eigenvalue weighted by Gasteiger charge is -2.15. The van der Waals surface area contributed by atoms with Crippen LogP contribution in [0, 0.1) is 11.6 Å². The van der Waals surface area contributed by atoms with Gasteiger partial charge in [-0.15, -0.1) is 0 Å². The van der Waals surface area contributed by atoms with Crippen molar-refractivity contribution < 1.29 is 23.0 Å². The van der Waals surface area contributed by atoms with Crippen LogP contribution in [-0.4, -0.2) is 49.9 Å². The number of rotatable bonds is 11. The predicted octanol–water partition coefficient (Wildman–Crippen LogP) is 4.79. The summed E-state index contributed by atoms with van der Waals surface area (Å²) in [6, 6.07) is 9.97. The third-order valence-electron chi connectivity index (χ3n) is 6.86. The Hall–Kier alpha value is -5.17. The maximum absolute atomic E-state index is 15.3. The normalized spacial score (nSPS) is 12.1. The first-order chi connectivity index (χ1) is 21.1. The van der Waals surface area contributed by atoms with Gasteiger partial charge >= 0.3 is 5.69 Å². The van der Waals surface area contributed by atoms with E-state index in [0.717, 1.165) is 22.8 Å². The van der Waals surface area contributed by atoms with Crippen molar-refractivity contribution in [1.82, 2.24) is 24.3 Å². The Balaban J connectivity index is 1.42. The van der Waals surface area contributed by atoms with Crippen molar-refractivity contribution in [2.24, 2.45) is 0 Å². The van der Waals surface area contributed by atoms with E-state index in [1.807, 2.05) is 6.92 Å². The van der Waals surface area contributed by atoms with Crippen molar-refractivity contribution in [1.29, 1.82) is 0 Å². The summed E-state index contributed by atoms with van der Waals surface area (Å²) in [5.41, 5.74) is -0.942. The number of Topliss-reactive ketones (excluding diaryl/α,β-unsaturated/α-hetero) is 1. The molecule has 2 N–H and O–H groups in total. The quantitative estimate of drug-likeness (QED) is 0.206. The fourth-order valence-corrected chi connectivity index (χ4v) is 4.72. The Morgan fingerprint density at radius 3 is 2.48 bits per heavy atom. The van der Waals surface area contributed by atoms with Crippen LogP contribution in [0.5, 0.6) is 11.5 Å². The summed E-state index contributed by atoms with van der Waals surface area (Å²) >= 11 is 0. The Morgan fingerprint density at radius 2 is 1.80 bits per heavy atom. The van der Waals surface area contributed by atoms with Gasteiger partial charge in [-0.1, -0.05) is 6.07 Å². The summed E-state index contributed by atoms with van der Waals surface area (Å²) in [6.07, 6.45) is 2.39. The van der Waals surface area contributed by atoms with E-state index in [2.05, 4.69) is 20.5 Å². The number of carbonyl (C=O) groups is 1. The molecule has 5 aromatic rings. The van der Waals surface area contributed by atoms with Crippen molar-refractivity contribution in [2.45, 2.75) is 39.3 Å². The van der Waals surface area contributed by atoms with E-state index in [1.54, 1.807) is 27.0 Å². The van der Waals surface area contributed by atoms with Gasteiger partial charge in [-0.3, -0.25) is 19.3 Å². The zero-order valence-corrected chi connectivity index (χ0v) is 24.4. The highest BCUT2D eigenvalue weighted by molar-refractivity contribution is 5.97. The molecule has 11 nitrogen and oxygen atoms in total. The number of ketones is 1. The second-order valence-corrected chi connectivity index (χ2v) is 10.5. The van der Waals surface area contributed by atoms with Gasteiger partial charge in [0.05, 0.1) is 12.3 Å². The molecule has 2 aromatic carbocycles. The molecule has 0 saturated carbocycles. The second-order valence-electron chi connectivity index (χ2n) is 10.5. The molecule has 0 saturated heterocycles. The molecule has 3 aromatic heterocycles. The number of fused-ring (bicyclic) bond motifs is 1. The number of ether oxygens (including phenoxy) is 2. The summed E-state index contributed by atoms with van der Waals surface area (Å²) in [4.78, 5) is 44.0. The second kappa shape index (κ2) is 12.6. The minimum Gasteiger partial charge on any atom is -0.453 e. The van der Waals surface area contributed by atoms with E-state index in [4.69, 9.17) is 9.47 Å². The molecule has 0 unspecified atom stereocenters. The Kier molecular flexibility index (Phi) is 8.67. The summed E-state index contributed by atoms with van der Waals surface area (Å²) in [5, 5.41) is 10.8. The van der Waals surface area contributed by atoms with Crippen molar-refractivity contribution in [3.8, 4) is 17.2 Å². The van der Waals surface area contributed by atoms with E-state index >= 15 is 4.39 Å². The Morgan fingerprint density at radius 1 is 1.05 bits per heavy atom. The van der Waals surface area contributed by atoms with E-state index in [-0.39, 0.29) is 41.1 Å².